The quantitative estimate of drug-likeness (QED) is 0.624. The fourth-order valence-electron chi connectivity index (χ4n) is 2.84. The van der Waals surface area contributed by atoms with Gasteiger partial charge in [0.1, 0.15) is 24.1 Å². The van der Waals surface area contributed by atoms with E-state index >= 15 is 0 Å². The van der Waals surface area contributed by atoms with Crippen LogP contribution < -0.4 is 16.0 Å². The SMILES string of the molecule is COc1ccc(CO[C@H]2[C@@H](O)[C@H](n3ccc(=O)[nH]c3=O)O[C@@H]2CO)cc1. The summed E-state index contributed by atoms with van der Waals surface area (Å²) in [4.78, 5) is 25.2. The lowest BCUT2D eigenvalue weighted by molar-refractivity contribution is -0.0661. The molecule has 0 radical (unpaired) electrons. The molecular formula is C17H20N2O7. The van der Waals surface area contributed by atoms with E-state index in [-0.39, 0.29) is 13.2 Å². The lowest BCUT2D eigenvalue weighted by Crippen LogP contribution is -2.38. The van der Waals surface area contributed by atoms with Crippen LogP contribution in [0.15, 0.2) is 46.1 Å². The van der Waals surface area contributed by atoms with Crippen molar-refractivity contribution in [2.75, 3.05) is 13.7 Å². The van der Waals surface area contributed by atoms with E-state index in [1.165, 1.54) is 6.20 Å². The van der Waals surface area contributed by atoms with Gasteiger partial charge in [0.2, 0.25) is 0 Å². The minimum Gasteiger partial charge on any atom is -0.497 e. The van der Waals surface area contributed by atoms with Crippen molar-refractivity contribution in [3.8, 4) is 5.75 Å². The molecule has 0 amide bonds. The molecule has 1 aromatic heterocycles. The molecule has 1 aromatic carbocycles. The van der Waals surface area contributed by atoms with Crippen LogP contribution >= 0.6 is 0 Å². The molecule has 3 rings (SSSR count). The van der Waals surface area contributed by atoms with Crippen molar-refractivity contribution in [2.24, 2.45) is 0 Å². The van der Waals surface area contributed by atoms with Gasteiger partial charge in [0, 0.05) is 12.3 Å². The maximum Gasteiger partial charge on any atom is 0.330 e. The normalized spacial score (nSPS) is 25.3. The van der Waals surface area contributed by atoms with Gasteiger partial charge in [-0.3, -0.25) is 14.3 Å². The summed E-state index contributed by atoms with van der Waals surface area (Å²) in [5.41, 5.74) is -0.418. The molecule has 26 heavy (non-hydrogen) atoms. The lowest BCUT2D eigenvalue weighted by atomic mass is 10.1. The second-order valence-electron chi connectivity index (χ2n) is 5.88. The van der Waals surface area contributed by atoms with Gasteiger partial charge in [0.25, 0.3) is 5.56 Å². The third-order valence-corrected chi connectivity index (χ3v) is 4.22. The number of aliphatic hydroxyl groups is 2. The Labute approximate surface area is 148 Å². The second kappa shape index (κ2) is 7.83. The highest BCUT2D eigenvalue weighted by molar-refractivity contribution is 5.26. The monoisotopic (exact) mass is 364 g/mol. The average molecular weight is 364 g/mol. The summed E-state index contributed by atoms with van der Waals surface area (Å²) < 4.78 is 17.4. The smallest absolute Gasteiger partial charge is 0.330 e. The molecule has 0 saturated carbocycles. The fraction of sp³-hybridized carbons (Fsp3) is 0.412. The van der Waals surface area contributed by atoms with Gasteiger partial charge in [0.05, 0.1) is 20.3 Å². The van der Waals surface area contributed by atoms with Crippen molar-refractivity contribution in [3.05, 3.63) is 62.9 Å². The Morgan fingerprint density at radius 2 is 1.96 bits per heavy atom. The molecule has 140 valence electrons. The minimum atomic E-state index is -1.20. The van der Waals surface area contributed by atoms with Gasteiger partial charge < -0.3 is 24.4 Å². The van der Waals surface area contributed by atoms with Crippen molar-refractivity contribution < 1.29 is 24.4 Å². The molecule has 0 spiro atoms. The molecule has 2 heterocycles. The summed E-state index contributed by atoms with van der Waals surface area (Å²) in [6, 6.07) is 8.35. The molecule has 1 fully saturated rings. The van der Waals surface area contributed by atoms with E-state index in [4.69, 9.17) is 14.2 Å². The Kier molecular flexibility index (Phi) is 5.52. The lowest BCUT2D eigenvalue weighted by Gasteiger charge is -2.20. The third kappa shape index (κ3) is 3.70. The van der Waals surface area contributed by atoms with Gasteiger partial charge in [-0.25, -0.2) is 4.79 Å². The maximum absolute atomic E-state index is 11.9. The summed E-state index contributed by atoms with van der Waals surface area (Å²) >= 11 is 0. The number of nitrogens with one attached hydrogen (secondary N) is 1. The van der Waals surface area contributed by atoms with Gasteiger partial charge in [0.15, 0.2) is 6.23 Å². The Morgan fingerprint density at radius 1 is 1.23 bits per heavy atom. The molecule has 9 heteroatoms. The van der Waals surface area contributed by atoms with Gasteiger partial charge in [-0.2, -0.15) is 0 Å². The van der Waals surface area contributed by atoms with E-state index in [0.717, 1.165) is 16.2 Å². The van der Waals surface area contributed by atoms with Crippen LogP contribution in [0.25, 0.3) is 0 Å². The first-order chi connectivity index (χ1) is 12.5. The van der Waals surface area contributed by atoms with E-state index in [0.29, 0.717) is 5.75 Å². The molecular weight excluding hydrogens is 344 g/mol. The number of nitrogens with zero attached hydrogens (tertiary/aromatic N) is 1. The number of methoxy groups -OCH3 is 1. The van der Waals surface area contributed by atoms with Gasteiger partial charge >= 0.3 is 5.69 Å². The molecule has 3 N–H and O–H groups in total. The predicted octanol–water partition coefficient (Wildman–Crippen LogP) is -0.619. The van der Waals surface area contributed by atoms with Crippen LogP contribution in [-0.4, -0.2) is 51.8 Å². The molecule has 1 aliphatic heterocycles. The number of aromatic amines is 1. The fourth-order valence-corrected chi connectivity index (χ4v) is 2.84. The number of rotatable bonds is 6. The zero-order valence-electron chi connectivity index (χ0n) is 14.1. The number of aromatic nitrogens is 2. The van der Waals surface area contributed by atoms with Crippen LogP contribution in [0.1, 0.15) is 11.8 Å². The highest BCUT2D eigenvalue weighted by Crippen LogP contribution is 2.30. The Balaban J connectivity index is 1.73. The van der Waals surface area contributed by atoms with Crippen molar-refractivity contribution >= 4 is 0 Å². The summed E-state index contributed by atoms with van der Waals surface area (Å²) in [7, 11) is 1.57. The summed E-state index contributed by atoms with van der Waals surface area (Å²) in [6.07, 6.45) is -2.70. The molecule has 1 aliphatic rings. The zero-order valence-corrected chi connectivity index (χ0v) is 14.1. The molecule has 0 bridgehead atoms. The van der Waals surface area contributed by atoms with E-state index in [1.807, 2.05) is 12.1 Å². The number of hydrogen-bond donors (Lipinski definition) is 3. The number of aliphatic hydroxyl groups excluding tert-OH is 2. The van der Waals surface area contributed by atoms with E-state index < -0.39 is 35.8 Å². The molecule has 0 aliphatic carbocycles. The van der Waals surface area contributed by atoms with Crippen molar-refractivity contribution in [3.63, 3.8) is 0 Å². The first-order valence-corrected chi connectivity index (χ1v) is 8.04. The number of hydrogen-bond acceptors (Lipinski definition) is 7. The van der Waals surface area contributed by atoms with Gasteiger partial charge in [-0.1, -0.05) is 12.1 Å². The summed E-state index contributed by atoms with van der Waals surface area (Å²) in [5.74, 6) is 0.712. The largest absolute Gasteiger partial charge is 0.497 e. The molecule has 9 nitrogen and oxygen atoms in total. The standard InChI is InChI=1S/C17H20N2O7/c1-24-11-4-2-10(3-5-11)9-25-15-12(8-20)26-16(14(15)22)19-7-6-13(21)18-17(19)23/h2-7,12,14-16,20,22H,8-9H2,1H3,(H,18,21,23)/t12-,14-,15-,16-/m1/s1. The van der Waals surface area contributed by atoms with Gasteiger partial charge in [-0.15, -0.1) is 0 Å². The Bertz CT molecular complexity index is 845. The van der Waals surface area contributed by atoms with Crippen molar-refractivity contribution in [1.82, 2.24) is 9.55 Å². The van der Waals surface area contributed by atoms with Crippen LogP contribution in [0, 0.1) is 0 Å². The average Bonchev–Trinajstić information content (AvgIpc) is 2.96. The molecule has 2 aromatic rings. The Morgan fingerprint density at radius 3 is 2.58 bits per heavy atom. The van der Waals surface area contributed by atoms with Crippen LogP contribution in [0.5, 0.6) is 5.75 Å². The first-order valence-electron chi connectivity index (χ1n) is 8.04. The van der Waals surface area contributed by atoms with E-state index in [9.17, 15) is 19.8 Å². The number of benzene rings is 1. The highest BCUT2D eigenvalue weighted by atomic mass is 16.6. The molecule has 1 saturated heterocycles. The molecule has 4 atom stereocenters. The van der Waals surface area contributed by atoms with Crippen LogP contribution in [0.3, 0.4) is 0 Å². The van der Waals surface area contributed by atoms with Crippen molar-refractivity contribution in [1.29, 1.82) is 0 Å². The van der Waals surface area contributed by atoms with E-state index in [2.05, 4.69) is 4.98 Å². The summed E-state index contributed by atoms with van der Waals surface area (Å²) in [6.45, 7) is -0.211. The zero-order chi connectivity index (χ0) is 18.7. The van der Waals surface area contributed by atoms with Gasteiger partial charge in [-0.05, 0) is 17.7 Å². The van der Waals surface area contributed by atoms with Crippen LogP contribution in [0.4, 0.5) is 0 Å². The van der Waals surface area contributed by atoms with E-state index in [1.54, 1.807) is 19.2 Å². The van der Waals surface area contributed by atoms with Crippen LogP contribution in [0.2, 0.25) is 0 Å². The third-order valence-electron chi connectivity index (χ3n) is 4.22. The summed E-state index contributed by atoms with van der Waals surface area (Å²) in [5, 5.41) is 20.0. The Hall–Kier alpha value is -2.46. The number of ether oxygens (including phenoxy) is 3. The number of H-pyrrole nitrogens is 1. The predicted molar refractivity (Wildman–Crippen MR) is 89.9 cm³/mol. The second-order valence-corrected chi connectivity index (χ2v) is 5.88. The topological polar surface area (TPSA) is 123 Å². The maximum atomic E-state index is 11.9. The molecule has 0 unspecified atom stereocenters. The first kappa shape index (κ1) is 18.3. The van der Waals surface area contributed by atoms with Crippen molar-refractivity contribution in [2.45, 2.75) is 31.1 Å². The minimum absolute atomic E-state index is 0.179. The highest BCUT2D eigenvalue weighted by Gasteiger charge is 2.45. The van der Waals surface area contributed by atoms with Crippen LogP contribution in [-0.2, 0) is 16.1 Å².